The molecule has 0 saturated heterocycles. The van der Waals surface area contributed by atoms with Crippen molar-refractivity contribution in [3.8, 4) is 0 Å². The predicted molar refractivity (Wildman–Crippen MR) is 103 cm³/mol. The molecule has 2 rings (SSSR count). The zero-order valence-corrected chi connectivity index (χ0v) is 17.4. The van der Waals surface area contributed by atoms with Gasteiger partial charge in [-0.05, 0) is 5.56 Å². The predicted octanol–water partition coefficient (Wildman–Crippen LogP) is 5.81. The summed E-state index contributed by atoms with van der Waals surface area (Å²) in [6, 6.07) is 15.9. The van der Waals surface area contributed by atoms with Gasteiger partial charge in [-0.3, -0.25) is 9.59 Å². The molecule has 22 heavy (non-hydrogen) atoms. The van der Waals surface area contributed by atoms with Crippen LogP contribution >= 0.6 is 63.7 Å². The minimum Gasteiger partial charge on any atom is -0.292 e. The minimum atomic E-state index is -1.16. The average Bonchev–Trinajstić information content (AvgIpc) is 2.54. The van der Waals surface area contributed by atoms with Gasteiger partial charge in [-0.15, -0.1) is 0 Å². The molecule has 2 aromatic rings. The summed E-state index contributed by atoms with van der Waals surface area (Å²) in [6.07, 6.45) is 0. The maximum Gasteiger partial charge on any atom is 0.194 e. The maximum atomic E-state index is 12.8. The van der Waals surface area contributed by atoms with E-state index in [0.717, 1.165) is 0 Å². The van der Waals surface area contributed by atoms with E-state index in [-0.39, 0.29) is 11.6 Å². The molecule has 0 amide bonds. The SMILES string of the molecule is O=C(c1ccccc1C(Br)(Br)C(=O)c1ccccc1)C(Br)Br. The van der Waals surface area contributed by atoms with Gasteiger partial charge in [0.2, 0.25) is 0 Å². The first-order valence-corrected chi connectivity index (χ1v) is 9.67. The van der Waals surface area contributed by atoms with Crippen LogP contribution in [0, 0.1) is 0 Å². The van der Waals surface area contributed by atoms with Gasteiger partial charge in [0.25, 0.3) is 0 Å². The van der Waals surface area contributed by atoms with Gasteiger partial charge in [0.05, 0.1) is 0 Å². The van der Waals surface area contributed by atoms with Gasteiger partial charge in [-0.2, -0.15) is 0 Å². The Morgan fingerprint density at radius 3 is 2.00 bits per heavy atom. The van der Waals surface area contributed by atoms with E-state index in [1.54, 1.807) is 48.5 Å². The monoisotopic (exact) mass is 550 g/mol. The Labute approximate surface area is 162 Å². The van der Waals surface area contributed by atoms with Crippen molar-refractivity contribution in [3.63, 3.8) is 0 Å². The number of carbonyl (C=O) groups is 2. The van der Waals surface area contributed by atoms with Gasteiger partial charge in [-0.25, -0.2) is 0 Å². The van der Waals surface area contributed by atoms with Crippen molar-refractivity contribution < 1.29 is 9.59 Å². The van der Waals surface area contributed by atoms with E-state index >= 15 is 0 Å². The molecular formula is C16H10Br4O2. The number of Topliss-reactive ketones (excluding diaryl/α,β-unsaturated/α-hetero) is 2. The van der Waals surface area contributed by atoms with E-state index in [4.69, 9.17) is 0 Å². The van der Waals surface area contributed by atoms with Gasteiger partial charge in [0, 0.05) is 11.1 Å². The third-order valence-electron chi connectivity index (χ3n) is 3.05. The second-order valence-electron chi connectivity index (χ2n) is 4.48. The number of alkyl halides is 4. The highest BCUT2D eigenvalue weighted by atomic mass is 79.9. The maximum absolute atomic E-state index is 12.8. The highest BCUT2D eigenvalue weighted by Gasteiger charge is 2.38. The average molecular weight is 554 g/mol. The van der Waals surface area contributed by atoms with Crippen molar-refractivity contribution in [2.75, 3.05) is 0 Å². The van der Waals surface area contributed by atoms with Crippen molar-refractivity contribution in [2.24, 2.45) is 0 Å². The lowest BCUT2D eigenvalue weighted by Gasteiger charge is -2.22. The lowest BCUT2D eigenvalue weighted by molar-refractivity contribution is 0.0982. The van der Waals surface area contributed by atoms with Crippen molar-refractivity contribution in [2.45, 2.75) is 6.97 Å². The molecule has 0 atom stereocenters. The Balaban J connectivity index is 2.50. The highest BCUT2D eigenvalue weighted by Crippen LogP contribution is 2.43. The van der Waals surface area contributed by atoms with Crippen molar-refractivity contribution >= 4 is 75.3 Å². The van der Waals surface area contributed by atoms with Crippen LogP contribution in [0.15, 0.2) is 54.6 Å². The summed E-state index contributed by atoms with van der Waals surface area (Å²) in [6.45, 7) is 0. The van der Waals surface area contributed by atoms with Crippen molar-refractivity contribution in [1.29, 1.82) is 0 Å². The molecule has 2 aromatic carbocycles. The quantitative estimate of drug-likeness (QED) is 0.346. The largest absolute Gasteiger partial charge is 0.292 e. The van der Waals surface area contributed by atoms with Crippen LogP contribution in [-0.2, 0) is 3.23 Å². The smallest absolute Gasteiger partial charge is 0.194 e. The van der Waals surface area contributed by atoms with Crippen molar-refractivity contribution in [3.05, 3.63) is 71.3 Å². The summed E-state index contributed by atoms with van der Waals surface area (Å²) in [5.41, 5.74) is 1.57. The summed E-state index contributed by atoms with van der Waals surface area (Å²) >= 11 is 13.3. The number of halogens is 4. The fourth-order valence-electron chi connectivity index (χ4n) is 1.98. The molecule has 2 nitrogen and oxygen atoms in total. The zero-order chi connectivity index (χ0) is 16.3. The van der Waals surface area contributed by atoms with Crippen LogP contribution in [0.3, 0.4) is 0 Å². The van der Waals surface area contributed by atoms with Crippen LogP contribution in [0.4, 0.5) is 0 Å². The van der Waals surface area contributed by atoms with Crippen molar-refractivity contribution in [1.82, 2.24) is 0 Å². The summed E-state index contributed by atoms with van der Waals surface area (Å²) in [7, 11) is 0. The van der Waals surface area contributed by atoms with E-state index in [1.165, 1.54) is 0 Å². The number of hydrogen-bond donors (Lipinski definition) is 0. The molecular weight excluding hydrogens is 544 g/mol. The number of benzene rings is 2. The third-order valence-corrected chi connectivity index (χ3v) is 5.46. The Kier molecular flexibility index (Phi) is 6.16. The molecule has 6 heteroatoms. The Morgan fingerprint density at radius 1 is 0.864 bits per heavy atom. The molecule has 0 heterocycles. The first-order chi connectivity index (χ1) is 10.4. The fraction of sp³-hybridized carbons (Fsp3) is 0.125. The first kappa shape index (κ1) is 18.0. The molecule has 0 bridgehead atoms. The molecule has 0 N–H and O–H groups in total. The zero-order valence-electron chi connectivity index (χ0n) is 11.1. The third kappa shape index (κ3) is 3.78. The standard InChI is InChI=1S/C16H10Br4O2/c17-15(18)13(21)11-8-4-5-9-12(11)16(19,20)14(22)10-6-2-1-3-7-10/h1-9,15H. The summed E-state index contributed by atoms with van der Waals surface area (Å²) < 4.78 is -1.67. The Hall–Kier alpha value is -0.300. The number of rotatable bonds is 5. The number of ketones is 2. The van der Waals surface area contributed by atoms with Gasteiger partial charge >= 0.3 is 0 Å². The van der Waals surface area contributed by atoms with Gasteiger partial charge < -0.3 is 0 Å². The van der Waals surface area contributed by atoms with Gasteiger partial charge in [0.1, 0.15) is 3.74 Å². The van der Waals surface area contributed by atoms with Gasteiger partial charge in [-0.1, -0.05) is 118 Å². The van der Waals surface area contributed by atoms with E-state index in [2.05, 4.69) is 63.7 Å². The van der Waals surface area contributed by atoms with Crippen LogP contribution in [0.2, 0.25) is 0 Å². The molecule has 0 aliphatic carbocycles. The van der Waals surface area contributed by atoms with Crippen LogP contribution in [0.25, 0.3) is 0 Å². The lowest BCUT2D eigenvalue weighted by atomic mass is 9.97. The van der Waals surface area contributed by atoms with E-state index in [9.17, 15) is 9.59 Å². The normalized spacial score (nSPS) is 11.5. The molecule has 0 aliphatic rings. The number of carbonyl (C=O) groups excluding carboxylic acids is 2. The second-order valence-corrected chi connectivity index (χ2v) is 11.0. The molecule has 0 aromatic heterocycles. The lowest BCUT2D eigenvalue weighted by Crippen LogP contribution is -2.26. The number of hydrogen-bond acceptors (Lipinski definition) is 2. The molecule has 0 unspecified atom stereocenters. The molecule has 0 aliphatic heterocycles. The van der Waals surface area contributed by atoms with Crippen LogP contribution < -0.4 is 0 Å². The molecule has 0 saturated carbocycles. The summed E-state index contributed by atoms with van der Waals surface area (Å²) in [4.78, 5) is 25.1. The van der Waals surface area contributed by atoms with E-state index in [1.807, 2.05) is 6.07 Å². The molecule has 114 valence electrons. The van der Waals surface area contributed by atoms with Crippen LogP contribution in [0.5, 0.6) is 0 Å². The van der Waals surface area contributed by atoms with Crippen LogP contribution in [0.1, 0.15) is 26.3 Å². The Morgan fingerprint density at radius 2 is 1.41 bits per heavy atom. The molecule has 0 fully saturated rings. The Bertz CT molecular complexity index is 696. The van der Waals surface area contributed by atoms with E-state index in [0.29, 0.717) is 16.7 Å². The summed E-state index contributed by atoms with van der Waals surface area (Å²) in [5, 5.41) is 0. The highest BCUT2D eigenvalue weighted by molar-refractivity contribution is 9.25. The molecule has 0 radical (unpaired) electrons. The van der Waals surface area contributed by atoms with E-state index < -0.39 is 6.97 Å². The molecule has 0 spiro atoms. The van der Waals surface area contributed by atoms with Gasteiger partial charge in [0.15, 0.2) is 14.8 Å². The fourth-order valence-corrected chi connectivity index (χ4v) is 3.63. The topological polar surface area (TPSA) is 34.1 Å². The van der Waals surface area contributed by atoms with Crippen LogP contribution in [-0.4, -0.2) is 15.3 Å². The first-order valence-electron chi connectivity index (χ1n) is 6.25. The summed E-state index contributed by atoms with van der Waals surface area (Å²) in [5.74, 6) is -0.325. The second kappa shape index (κ2) is 7.51. The minimum absolute atomic E-state index is 0.153.